The van der Waals surface area contributed by atoms with Gasteiger partial charge in [0.05, 0.1) is 19.1 Å². The molecule has 0 saturated carbocycles. The number of carbonyl (C=O) groups excluding carboxylic acids is 1. The van der Waals surface area contributed by atoms with Gasteiger partial charge in [0.2, 0.25) is 0 Å². The van der Waals surface area contributed by atoms with Gasteiger partial charge in [-0.25, -0.2) is 0 Å². The second-order valence-corrected chi connectivity index (χ2v) is 19.1. The Morgan fingerprint density at radius 2 is 1.51 bits per heavy atom. The Kier molecular flexibility index (Phi) is 10.7. The lowest BCUT2D eigenvalue weighted by Gasteiger charge is -2.41. The van der Waals surface area contributed by atoms with Gasteiger partial charge in [0.15, 0.2) is 14.1 Å². The molecule has 228 valence electrons. The van der Waals surface area contributed by atoms with Crippen LogP contribution < -0.4 is 0 Å². The molecule has 6 nitrogen and oxygen atoms in total. The van der Waals surface area contributed by atoms with E-state index in [9.17, 15) is 4.79 Å². The number of hydrogen-bond donors (Lipinski definition) is 0. The van der Waals surface area contributed by atoms with Crippen molar-refractivity contribution in [2.24, 2.45) is 0 Å². The molecule has 1 heterocycles. The van der Waals surface area contributed by atoms with Crippen LogP contribution in [0.2, 0.25) is 18.1 Å². The van der Waals surface area contributed by atoms with Gasteiger partial charge in [-0.1, -0.05) is 81.4 Å². The number of rotatable bonds is 11. The van der Waals surface area contributed by atoms with E-state index in [2.05, 4.69) is 94.2 Å². The maximum absolute atomic E-state index is 13.5. The minimum absolute atomic E-state index is 0.00175. The van der Waals surface area contributed by atoms with E-state index in [4.69, 9.17) is 18.6 Å². The van der Waals surface area contributed by atoms with E-state index < -0.39 is 25.8 Å². The van der Waals surface area contributed by atoms with E-state index >= 15 is 0 Å². The maximum Gasteiger partial charge on any atom is 0.308 e. The van der Waals surface area contributed by atoms with E-state index in [1.165, 1.54) is 5.56 Å². The molecule has 0 bridgehead atoms. The topological polar surface area (TPSA) is 57.2 Å². The quantitative estimate of drug-likeness (QED) is 0.198. The summed E-state index contributed by atoms with van der Waals surface area (Å²) >= 11 is 0. The third-order valence-corrected chi connectivity index (χ3v) is 12.7. The van der Waals surface area contributed by atoms with Crippen LogP contribution in [-0.4, -0.2) is 55.4 Å². The van der Waals surface area contributed by atoms with Crippen LogP contribution in [-0.2, 0) is 30.0 Å². The fourth-order valence-corrected chi connectivity index (χ4v) is 6.07. The van der Waals surface area contributed by atoms with Crippen LogP contribution >= 0.6 is 0 Å². The first kappa shape index (κ1) is 33.5. The summed E-state index contributed by atoms with van der Waals surface area (Å²) in [5, 5.41) is 0.0640. The Hall–Kier alpha value is -2.03. The molecule has 4 atom stereocenters. The number of nitrogens with zero attached hydrogens (tertiary/aromatic N) is 1. The second-order valence-electron chi connectivity index (χ2n) is 14.3. The van der Waals surface area contributed by atoms with Crippen LogP contribution in [0.1, 0.15) is 85.9 Å². The highest BCUT2D eigenvalue weighted by Gasteiger charge is 2.49. The van der Waals surface area contributed by atoms with Crippen LogP contribution in [0.3, 0.4) is 0 Å². The smallest absolute Gasteiger partial charge is 0.308 e. The molecule has 1 aliphatic rings. The monoisotopic (exact) mass is 583 g/mol. The standard InChI is InChI=1S/C34H53NO5Si/c1-25(27-20-16-13-17-21-27)35(23-26-18-14-12-15-19-26)28(22-30(36)39-32(2,3)4)31-29(38-34(8,9)40-31)24-37-41(10,11)33(5,6)7/h12-21,25,28-29,31H,22-24H2,1-11H3/t25-,28-,29-,31-/m0/s1. The summed E-state index contributed by atoms with van der Waals surface area (Å²) in [6.07, 6.45) is -0.577. The van der Waals surface area contributed by atoms with Gasteiger partial charge in [-0.05, 0) is 70.8 Å². The SMILES string of the molecule is C[C@@H](c1ccccc1)N(Cc1ccccc1)[C@@H](CC(=O)OC(C)(C)C)[C@@H]1OC(C)(C)O[C@H]1CO[Si](C)(C)C(C)(C)C. The van der Waals surface area contributed by atoms with Gasteiger partial charge in [-0.15, -0.1) is 0 Å². The highest BCUT2D eigenvalue weighted by Crippen LogP contribution is 2.40. The molecule has 0 aromatic heterocycles. The van der Waals surface area contributed by atoms with Gasteiger partial charge >= 0.3 is 5.97 Å². The summed E-state index contributed by atoms with van der Waals surface area (Å²) in [6, 6.07) is 20.5. The molecule has 1 fully saturated rings. The van der Waals surface area contributed by atoms with Crippen molar-refractivity contribution in [1.29, 1.82) is 0 Å². The van der Waals surface area contributed by atoms with Gasteiger partial charge in [0, 0.05) is 12.6 Å². The molecule has 0 aliphatic carbocycles. The van der Waals surface area contributed by atoms with Crippen LogP contribution in [0.25, 0.3) is 0 Å². The molecule has 0 spiro atoms. The van der Waals surface area contributed by atoms with E-state index in [0.29, 0.717) is 13.2 Å². The molecule has 1 aliphatic heterocycles. The number of benzene rings is 2. The average molecular weight is 584 g/mol. The third kappa shape index (κ3) is 9.48. The predicted molar refractivity (Wildman–Crippen MR) is 168 cm³/mol. The Balaban J connectivity index is 2.05. The molecule has 0 amide bonds. The molecule has 2 aromatic carbocycles. The fraction of sp³-hybridized carbons (Fsp3) is 0.618. The lowest BCUT2D eigenvalue weighted by molar-refractivity contribution is -0.165. The van der Waals surface area contributed by atoms with E-state index in [1.54, 1.807) is 0 Å². The molecule has 0 N–H and O–H groups in total. The third-order valence-electron chi connectivity index (χ3n) is 8.22. The van der Waals surface area contributed by atoms with E-state index in [-0.39, 0.29) is 35.6 Å². The molecule has 7 heteroatoms. The van der Waals surface area contributed by atoms with Gasteiger partial charge < -0.3 is 18.6 Å². The lowest BCUT2D eigenvalue weighted by atomic mass is 9.95. The first-order valence-corrected chi connectivity index (χ1v) is 17.9. The molecule has 2 aromatic rings. The van der Waals surface area contributed by atoms with Gasteiger partial charge in [0.1, 0.15) is 17.8 Å². The lowest BCUT2D eigenvalue weighted by Crippen LogP contribution is -2.52. The average Bonchev–Trinajstić information content (AvgIpc) is 3.18. The summed E-state index contributed by atoms with van der Waals surface area (Å²) in [4.78, 5) is 15.9. The van der Waals surface area contributed by atoms with Crippen molar-refractivity contribution in [1.82, 2.24) is 4.90 Å². The van der Waals surface area contributed by atoms with Crippen molar-refractivity contribution in [3.8, 4) is 0 Å². The minimum Gasteiger partial charge on any atom is -0.460 e. The zero-order chi connectivity index (χ0) is 30.6. The fourth-order valence-electron chi connectivity index (χ4n) is 5.06. The van der Waals surface area contributed by atoms with Crippen molar-refractivity contribution in [3.63, 3.8) is 0 Å². The first-order valence-electron chi connectivity index (χ1n) is 14.9. The minimum atomic E-state index is -2.05. The van der Waals surface area contributed by atoms with Gasteiger partial charge in [0.25, 0.3) is 0 Å². The van der Waals surface area contributed by atoms with Crippen molar-refractivity contribution in [2.75, 3.05) is 6.61 Å². The summed E-state index contributed by atoms with van der Waals surface area (Å²) in [7, 11) is -2.05. The molecule has 0 unspecified atom stereocenters. The van der Waals surface area contributed by atoms with Crippen LogP contribution in [0.15, 0.2) is 60.7 Å². The number of ether oxygens (including phenoxy) is 3. The predicted octanol–water partition coefficient (Wildman–Crippen LogP) is 7.89. The summed E-state index contributed by atoms with van der Waals surface area (Å²) in [5.74, 6) is -1.06. The first-order chi connectivity index (χ1) is 18.9. The Labute approximate surface area is 249 Å². The van der Waals surface area contributed by atoms with Crippen LogP contribution in [0.4, 0.5) is 0 Å². The Morgan fingerprint density at radius 1 is 0.951 bits per heavy atom. The van der Waals surface area contributed by atoms with Crippen molar-refractivity contribution < 1.29 is 23.4 Å². The number of hydrogen-bond acceptors (Lipinski definition) is 6. The van der Waals surface area contributed by atoms with Gasteiger partial charge in [-0.3, -0.25) is 9.69 Å². The zero-order valence-corrected chi connectivity index (χ0v) is 28.2. The summed E-state index contributed by atoms with van der Waals surface area (Å²) < 4.78 is 25.7. The van der Waals surface area contributed by atoms with Crippen molar-refractivity contribution >= 4 is 14.3 Å². The molecular formula is C34H53NO5Si. The number of esters is 1. The van der Waals surface area contributed by atoms with Crippen molar-refractivity contribution in [2.45, 2.75) is 129 Å². The molecule has 1 saturated heterocycles. The highest BCUT2D eigenvalue weighted by atomic mass is 28.4. The zero-order valence-electron chi connectivity index (χ0n) is 27.2. The molecular weight excluding hydrogens is 530 g/mol. The molecule has 41 heavy (non-hydrogen) atoms. The Morgan fingerprint density at radius 3 is 2.05 bits per heavy atom. The van der Waals surface area contributed by atoms with E-state index in [1.807, 2.05) is 46.8 Å². The second kappa shape index (κ2) is 13.1. The number of carbonyl (C=O) groups is 1. The highest BCUT2D eigenvalue weighted by molar-refractivity contribution is 6.74. The maximum atomic E-state index is 13.5. The van der Waals surface area contributed by atoms with E-state index in [0.717, 1.165) is 5.56 Å². The normalized spacial score (nSPS) is 21.1. The van der Waals surface area contributed by atoms with Gasteiger partial charge in [-0.2, -0.15) is 0 Å². The van der Waals surface area contributed by atoms with Crippen LogP contribution in [0.5, 0.6) is 0 Å². The summed E-state index contributed by atoms with van der Waals surface area (Å²) in [5.41, 5.74) is 1.75. The largest absolute Gasteiger partial charge is 0.460 e. The Bertz CT molecular complexity index is 1110. The molecule has 3 rings (SSSR count). The van der Waals surface area contributed by atoms with Crippen LogP contribution in [0, 0.1) is 0 Å². The molecule has 0 radical (unpaired) electrons. The summed E-state index contributed by atoms with van der Waals surface area (Å²) in [6.45, 7) is 24.1. The van der Waals surface area contributed by atoms with Crippen molar-refractivity contribution in [3.05, 3.63) is 71.8 Å².